The van der Waals surface area contributed by atoms with Gasteiger partial charge in [-0.3, -0.25) is 14.3 Å². The van der Waals surface area contributed by atoms with Gasteiger partial charge in [-0.25, -0.2) is 0 Å². The van der Waals surface area contributed by atoms with Crippen LogP contribution in [0.4, 0.5) is 5.69 Å². The third kappa shape index (κ3) is 1.82. The Labute approximate surface area is 116 Å². The average molecular weight is 269 g/mol. The third-order valence-corrected chi connectivity index (χ3v) is 3.79. The van der Waals surface area contributed by atoms with E-state index >= 15 is 0 Å². The molecule has 1 aromatic heterocycles. The van der Waals surface area contributed by atoms with Gasteiger partial charge in [0.15, 0.2) is 6.29 Å². The molecule has 5 heteroatoms. The minimum atomic E-state index is 0.138. The van der Waals surface area contributed by atoms with Crippen molar-refractivity contribution in [3.05, 3.63) is 35.5 Å². The molecule has 0 N–H and O–H groups in total. The Bertz CT molecular complexity index is 703. The zero-order chi connectivity index (χ0) is 14.3. The molecule has 1 aliphatic rings. The van der Waals surface area contributed by atoms with Crippen molar-refractivity contribution < 1.29 is 9.59 Å². The van der Waals surface area contributed by atoms with Crippen LogP contribution in [0.15, 0.2) is 24.4 Å². The summed E-state index contributed by atoms with van der Waals surface area (Å²) in [7, 11) is 3.61. The molecule has 1 aliphatic heterocycles. The summed E-state index contributed by atoms with van der Waals surface area (Å²) in [5, 5.41) is 4.12. The van der Waals surface area contributed by atoms with Crippen LogP contribution >= 0.6 is 0 Å². The molecule has 5 nitrogen and oxygen atoms in total. The first kappa shape index (κ1) is 12.6. The number of hydrogen-bond acceptors (Lipinski definition) is 3. The Morgan fingerprint density at radius 2 is 2.05 bits per heavy atom. The Hall–Kier alpha value is -2.43. The Balaban J connectivity index is 2.11. The lowest BCUT2D eigenvalue weighted by Gasteiger charge is -2.26. The molecule has 0 saturated heterocycles. The molecule has 0 unspecified atom stereocenters. The van der Waals surface area contributed by atoms with E-state index in [1.54, 1.807) is 22.8 Å². The third-order valence-electron chi connectivity index (χ3n) is 3.79. The molecule has 0 saturated carbocycles. The summed E-state index contributed by atoms with van der Waals surface area (Å²) >= 11 is 0. The summed E-state index contributed by atoms with van der Waals surface area (Å²) in [6, 6.07) is 5.91. The number of rotatable bonds is 2. The summed E-state index contributed by atoms with van der Waals surface area (Å²) in [5.74, 6) is 0.138. The minimum Gasteiger partial charge on any atom is -0.315 e. The first-order valence-corrected chi connectivity index (χ1v) is 6.49. The number of fused-ring (bicyclic) bond motifs is 1. The lowest BCUT2D eigenvalue weighted by Crippen LogP contribution is -2.31. The van der Waals surface area contributed by atoms with Crippen LogP contribution in [-0.4, -0.2) is 29.0 Å². The second kappa shape index (κ2) is 4.59. The van der Waals surface area contributed by atoms with Gasteiger partial charge in [-0.2, -0.15) is 5.10 Å². The molecule has 2 heterocycles. The van der Waals surface area contributed by atoms with E-state index in [1.165, 1.54) is 0 Å². The number of benzene rings is 1. The van der Waals surface area contributed by atoms with E-state index in [0.717, 1.165) is 35.2 Å². The molecule has 1 aromatic carbocycles. The number of anilines is 1. The van der Waals surface area contributed by atoms with Crippen molar-refractivity contribution in [1.29, 1.82) is 0 Å². The molecule has 2 aromatic rings. The van der Waals surface area contributed by atoms with Gasteiger partial charge >= 0.3 is 0 Å². The Morgan fingerprint density at radius 1 is 1.25 bits per heavy atom. The Kier molecular flexibility index (Phi) is 2.89. The van der Waals surface area contributed by atoms with Crippen molar-refractivity contribution in [2.45, 2.75) is 12.8 Å². The van der Waals surface area contributed by atoms with Gasteiger partial charge in [0.1, 0.15) is 0 Å². The molecule has 3 rings (SSSR count). The normalized spacial score (nSPS) is 14.3. The molecular formula is C15H15N3O2. The summed E-state index contributed by atoms with van der Waals surface area (Å²) in [5.41, 5.74) is 4.41. The maximum absolute atomic E-state index is 11.7. The predicted octanol–water partition coefficient (Wildman–Crippen LogP) is 1.81. The lowest BCUT2D eigenvalue weighted by atomic mass is 9.97. The minimum absolute atomic E-state index is 0.138. The average Bonchev–Trinajstić information content (AvgIpc) is 2.83. The van der Waals surface area contributed by atoms with Crippen LogP contribution in [0.25, 0.3) is 11.3 Å². The van der Waals surface area contributed by atoms with Gasteiger partial charge < -0.3 is 4.90 Å². The number of aryl methyl sites for hydroxylation is 2. The maximum atomic E-state index is 11.7. The zero-order valence-electron chi connectivity index (χ0n) is 11.5. The maximum Gasteiger partial charge on any atom is 0.227 e. The highest BCUT2D eigenvalue weighted by Crippen LogP contribution is 2.32. The SMILES string of the molecule is CN1C(=O)CCc2cc(-c3c(C=O)cnn3C)ccc21. The fourth-order valence-corrected chi connectivity index (χ4v) is 2.70. The van der Waals surface area contributed by atoms with Crippen molar-refractivity contribution in [3.63, 3.8) is 0 Å². The highest BCUT2D eigenvalue weighted by molar-refractivity contribution is 5.96. The fraction of sp³-hybridized carbons (Fsp3) is 0.267. The number of carbonyl (C=O) groups is 2. The van der Waals surface area contributed by atoms with Crippen molar-refractivity contribution >= 4 is 17.9 Å². The molecule has 0 fully saturated rings. The van der Waals surface area contributed by atoms with Crippen LogP contribution < -0.4 is 4.90 Å². The standard InChI is InChI=1S/C15H15N3O2/c1-17-13-5-3-11(7-10(13)4-6-14(17)20)15-12(9-19)8-16-18(15)2/h3,5,7-9H,4,6H2,1-2H3. The summed E-state index contributed by atoms with van der Waals surface area (Å²) < 4.78 is 1.70. The molecular weight excluding hydrogens is 254 g/mol. The van der Waals surface area contributed by atoms with Crippen LogP contribution in [0, 0.1) is 0 Å². The van der Waals surface area contributed by atoms with Crippen LogP contribution in [-0.2, 0) is 18.3 Å². The molecule has 0 bridgehead atoms. The van der Waals surface area contributed by atoms with Crippen LogP contribution in [0.3, 0.4) is 0 Å². The summed E-state index contributed by atoms with van der Waals surface area (Å²) in [6.45, 7) is 0. The molecule has 0 aliphatic carbocycles. The van der Waals surface area contributed by atoms with Gasteiger partial charge in [0.2, 0.25) is 5.91 Å². The number of hydrogen-bond donors (Lipinski definition) is 0. The van der Waals surface area contributed by atoms with Crippen LogP contribution in [0.2, 0.25) is 0 Å². The van der Waals surface area contributed by atoms with Crippen LogP contribution in [0.5, 0.6) is 0 Å². The van der Waals surface area contributed by atoms with E-state index in [2.05, 4.69) is 5.10 Å². The summed E-state index contributed by atoms with van der Waals surface area (Å²) in [4.78, 5) is 24.5. The van der Waals surface area contributed by atoms with Gasteiger partial charge in [0.25, 0.3) is 0 Å². The summed E-state index contributed by atoms with van der Waals surface area (Å²) in [6.07, 6.45) is 3.65. The van der Waals surface area contributed by atoms with E-state index in [1.807, 2.05) is 25.2 Å². The van der Waals surface area contributed by atoms with E-state index in [9.17, 15) is 9.59 Å². The first-order valence-electron chi connectivity index (χ1n) is 6.49. The van der Waals surface area contributed by atoms with Crippen molar-refractivity contribution in [3.8, 4) is 11.3 Å². The first-order chi connectivity index (χ1) is 9.61. The van der Waals surface area contributed by atoms with Gasteiger partial charge in [-0.15, -0.1) is 0 Å². The highest BCUT2D eigenvalue weighted by atomic mass is 16.2. The molecule has 0 atom stereocenters. The lowest BCUT2D eigenvalue weighted by molar-refractivity contribution is -0.118. The second-order valence-corrected chi connectivity index (χ2v) is 4.99. The second-order valence-electron chi connectivity index (χ2n) is 4.99. The number of nitrogens with zero attached hydrogens (tertiary/aromatic N) is 3. The topological polar surface area (TPSA) is 55.2 Å². The number of aldehydes is 1. The molecule has 102 valence electrons. The van der Waals surface area contributed by atoms with Gasteiger partial charge in [-0.05, 0) is 24.1 Å². The van der Waals surface area contributed by atoms with E-state index < -0.39 is 0 Å². The monoisotopic (exact) mass is 269 g/mol. The molecule has 20 heavy (non-hydrogen) atoms. The number of amides is 1. The number of aromatic nitrogens is 2. The van der Waals surface area contributed by atoms with E-state index in [0.29, 0.717) is 12.0 Å². The van der Waals surface area contributed by atoms with Crippen LogP contribution in [0.1, 0.15) is 22.3 Å². The highest BCUT2D eigenvalue weighted by Gasteiger charge is 2.22. The quantitative estimate of drug-likeness (QED) is 0.781. The predicted molar refractivity (Wildman–Crippen MR) is 75.8 cm³/mol. The Morgan fingerprint density at radius 3 is 2.80 bits per heavy atom. The molecule has 0 spiro atoms. The van der Waals surface area contributed by atoms with E-state index in [4.69, 9.17) is 0 Å². The van der Waals surface area contributed by atoms with Crippen molar-refractivity contribution in [1.82, 2.24) is 9.78 Å². The van der Waals surface area contributed by atoms with Gasteiger partial charge in [0, 0.05) is 31.8 Å². The van der Waals surface area contributed by atoms with Crippen molar-refractivity contribution in [2.24, 2.45) is 7.05 Å². The van der Waals surface area contributed by atoms with Gasteiger partial charge in [0.05, 0.1) is 17.5 Å². The smallest absolute Gasteiger partial charge is 0.227 e. The fourth-order valence-electron chi connectivity index (χ4n) is 2.70. The molecule has 1 amide bonds. The number of carbonyl (C=O) groups excluding carboxylic acids is 2. The van der Waals surface area contributed by atoms with Crippen molar-refractivity contribution in [2.75, 3.05) is 11.9 Å². The zero-order valence-corrected chi connectivity index (χ0v) is 11.5. The molecule has 0 radical (unpaired) electrons. The van der Waals surface area contributed by atoms with E-state index in [-0.39, 0.29) is 5.91 Å². The largest absolute Gasteiger partial charge is 0.315 e. The van der Waals surface area contributed by atoms with Gasteiger partial charge in [-0.1, -0.05) is 6.07 Å².